The summed E-state index contributed by atoms with van der Waals surface area (Å²) in [7, 11) is 1.74. The number of nitrogens with one attached hydrogen (secondary N) is 1. The molecule has 0 fully saturated rings. The molecule has 0 heterocycles. The highest BCUT2D eigenvalue weighted by molar-refractivity contribution is 4.67. The fourth-order valence-corrected chi connectivity index (χ4v) is 1.56. The molecule has 0 aromatic carbocycles. The highest BCUT2D eigenvalue weighted by atomic mass is 16.5. The fourth-order valence-electron chi connectivity index (χ4n) is 1.56. The van der Waals surface area contributed by atoms with Crippen molar-refractivity contribution in [2.24, 2.45) is 11.8 Å². The van der Waals surface area contributed by atoms with Gasteiger partial charge in [0.25, 0.3) is 0 Å². The predicted octanol–water partition coefficient (Wildman–Crippen LogP) is 1.68. The maximum atomic E-state index is 5.47. The first kappa shape index (κ1) is 12.9. The van der Waals surface area contributed by atoms with Gasteiger partial charge in [-0.25, -0.2) is 0 Å². The first-order valence-corrected chi connectivity index (χ1v) is 5.19. The molecule has 0 spiro atoms. The number of rotatable bonds is 8. The highest BCUT2D eigenvalue weighted by Gasteiger charge is 2.10. The third-order valence-corrected chi connectivity index (χ3v) is 2.28. The van der Waals surface area contributed by atoms with Crippen LogP contribution in [0.2, 0.25) is 0 Å². The van der Waals surface area contributed by atoms with Gasteiger partial charge < -0.3 is 4.74 Å². The lowest BCUT2D eigenvalue weighted by atomic mass is 9.99. The molecule has 0 bridgehead atoms. The molecule has 0 aliphatic heterocycles. The van der Waals surface area contributed by atoms with E-state index in [4.69, 9.17) is 10.6 Å². The van der Waals surface area contributed by atoms with Crippen molar-refractivity contribution in [3.05, 3.63) is 0 Å². The number of nitrogens with two attached hydrogens (primary N) is 1. The molecule has 2 atom stereocenters. The van der Waals surface area contributed by atoms with Crippen LogP contribution in [0.4, 0.5) is 0 Å². The molecule has 0 aromatic rings. The molecule has 0 saturated heterocycles. The van der Waals surface area contributed by atoms with Gasteiger partial charge in [-0.3, -0.25) is 11.3 Å². The Balaban J connectivity index is 3.56. The smallest absolute Gasteiger partial charge is 0.0488 e. The average Bonchev–Trinajstić information content (AvgIpc) is 2.12. The molecule has 0 rings (SSSR count). The molecule has 0 aromatic heterocycles. The first-order valence-electron chi connectivity index (χ1n) is 5.19. The van der Waals surface area contributed by atoms with Crippen LogP contribution in [0, 0.1) is 5.92 Å². The summed E-state index contributed by atoms with van der Waals surface area (Å²) in [5.41, 5.74) is 2.87. The molecule has 3 N–H and O–H groups in total. The van der Waals surface area contributed by atoms with E-state index in [0.717, 1.165) is 13.0 Å². The van der Waals surface area contributed by atoms with E-state index >= 15 is 0 Å². The van der Waals surface area contributed by atoms with Crippen molar-refractivity contribution >= 4 is 0 Å². The number of hydrogen-bond acceptors (Lipinski definition) is 3. The molecular formula is C10H24N2O. The lowest BCUT2D eigenvalue weighted by molar-refractivity contribution is 0.148. The Labute approximate surface area is 82.0 Å². The molecule has 0 amide bonds. The van der Waals surface area contributed by atoms with E-state index < -0.39 is 0 Å². The van der Waals surface area contributed by atoms with Gasteiger partial charge >= 0.3 is 0 Å². The van der Waals surface area contributed by atoms with Crippen LogP contribution in [-0.2, 0) is 4.74 Å². The van der Waals surface area contributed by atoms with Crippen LogP contribution in [0.25, 0.3) is 0 Å². The Hall–Kier alpha value is -0.120. The summed E-state index contributed by atoms with van der Waals surface area (Å²) in [4.78, 5) is 0. The van der Waals surface area contributed by atoms with E-state index in [1.54, 1.807) is 7.11 Å². The number of unbranched alkanes of at least 4 members (excludes halogenated alkanes) is 1. The van der Waals surface area contributed by atoms with Gasteiger partial charge in [0.05, 0.1) is 0 Å². The molecule has 0 aliphatic carbocycles. The Morgan fingerprint density at radius 1 is 1.46 bits per heavy atom. The topological polar surface area (TPSA) is 47.3 Å². The third-order valence-electron chi connectivity index (χ3n) is 2.28. The van der Waals surface area contributed by atoms with Crippen molar-refractivity contribution in [2.45, 2.75) is 45.6 Å². The number of hydrogen-bond donors (Lipinski definition) is 2. The van der Waals surface area contributed by atoms with E-state index in [1.165, 1.54) is 19.3 Å². The molecule has 3 nitrogen and oxygen atoms in total. The maximum absolute atomic E-state index is 5.47. The van der Waals surface area contributed by atoms with Crippen LogP contribution in [0.3, 0.4) is 0 Å². The van der Waals surface area contributed by atoms with E-state index in [-0.39, 0.29) is 0 Å². The second kappa shape index (κ2) is 8.48. The van der Waals surface area contributed by atoms with Crippen molar-refractivity contribution < 1.29 is 4.74 Å². The van der Waals surface area contributed by atoms with Gasteiger partial charge in [-0.15, -0.1) is 0 Å². The summed E-state index contributed by atoms with van der Waals surface area (Å²) in [6.07, 6.45) is 4.75. The average molecular weight is 188 g/mol. The maximum Gasteiger partial charge on any atom is 0.0488 e. The summed E-state index contributed by atoms with van der Waals surface area (Å²) in [5, 5.41) is 0. The zero-order valence-electron chi connectivity index (χ0n) is 9.18. The van der Waals surface area contributed by atoms with Crippen LogP contribution in [0.15, 0.2) is 0 Å². The van der Waals surface area contributed by atoms with Crippen LogP contribution in [-0.4, -0.2) is 19.8 Å². The van der Waals surface area contributed by atoms with E-state index in [0.29, 0.717) is 12.0 Å². The molecule has 2 unspecified atom stereocenters. The van der Waals surface area contributed by atoms with E-state index in [2.05, 4.69) is 19.3 Å². The quantitative estimate of drug-likeness (QED) is 0.450. The van der Waals surface area contributed by atoms with Crippen LogP contribution in [0.5, 0.6) is 0 Å². The third kappa shape index (κ3) is 6.99. The summed E-state index contributed by atoms with van der Waals surface area (Å²) in [6.45, 7) is 5.22. The van der Waals surface area contributed by atoms with Gasteiger partial charge in [0, 0.05) is 19.8 Å². The first-order chi connectivity index (χ1) is 6.24. The van der Waals surface area contributed by atoms with Gasteiger partial charge in [0.2, 0.25) is 0 Å². The minimum atomic E-state index is 0.449. The summed E-state index contributed by atoms with van der Waals surface area (Å²) in [6, 6.07) is 0.449. The Morgan fingerprint density at radius 3 is 2.62 bits per heavy atom. The molecular weight excluding hydrogens is 164 g/mol. The Kier molecular flexibility index (Phi) is 8.40. The van der Waals surface area contributed by atoms with Crippen molar-refractivity contribution in [2.75, 3.05) is 13.7 Å². The zero-order chi connectivity index (χ0) is 10.1. The number of hydrazine groups is 1. The SMILES string of the molecule is CCCCC(CC(C)COC)NN. The van der Waals surface area contributed by atoms with Crippen molar-refractivity contribution in [3.63, 3.8) is 0 Å². The normalized spacial score (nSPS) is 15.7. The highest BCUT2D eigenvalue weighted by Crippen LogP contribution is 2.11. The second-order valence-corrected chi connectivity index (χ2v) is 3.80. The van der Waals surface area contributed by atoms with Gasteiger partial charge in [-0.1, -0.05) is 26.7 Å². The minimum Gasteiger partial charge on any atom is -0.384 e. The van der Waals surface area contributed by atoms with E-state index in [9.17, 15) is 0 Å². The summed E-state index contributed by atoms with van der Waals surface area (Å²) < 4.78 is 5.08. The second-order valence-electron chi connectivity index (χ2n) is 3.80. The van der Waals surface area contributed by atoms with Gasteiger partial charge in [0.15, 0.2) is 0 Å². The van der Waals surface area contributed by atoms with Crippen LogP contribution < -0.4 is 11.3 Å². The molecule has 13 heavy (non-hydrogen) atoms. The molecule has 0 aliphatic rings. The standard InChI is InChI=1S/C10H24N2O/c1-4-5-6-10(12-11)7-9(2)8-13-3/h9-10,12H,4-8,11H2,1-3H3. The summed E-state index contributed by atoms with van der Waals surface area (Å²) in [5.74, 6) is 6.05. The number of ether oxygens (including phenoxy) is 1. The Bertz CT molecular complexity index is 109. The lowest BCUT2D eigenvalue weighted by Gasteiger charge is -2.19. The molecule has 80 valence electrons. The van der Waals surface area contributed by atoms with Gasteiger partial charge in [-0.05, 0) is 18.8 Å². The van der Waals surface area contributed by atoms with Crippen molar-refractivity contribution in [1.82, 2.24) is 5.43 Å². The van der Waals surface area contributed by atoms with E-state index in [1.807, 2.05) is 0 Å². The van der Waals surface area contributed by atoms with Gasteiger partial charge in [0.1, 0.15) is 0 Å². The summed E-state index contributed by atoms with van der Waals surface area (Å²) >= 11 is 0. The number of methoxy groups -OCH3 is 1. The lowest BCUT2D eigenvalue weighted by Crippen LogP contribution is -2.36. The minimum absolute atomic E-state index is 0.449. The largest absolute Gasteiger partial charge is 0.384 e. The van der Waals surface area contributed by atoms with Crippen molar-refractivity contribution in [3.8, 4) is 0 Å². The molecule has 3 heteroatoms. The zero-order valence-corrected chi connectivity index (χ0v) is 9.18. The Morgan fingerprint density at radius 2 is 2.15 bits per heavy atom. The molecule has 0 saturated carbocycles. The monoisotopic (exact) mass is 188 g/mol. The van der Waals surface area contributed by atoms with Gasteiger partial charge in [-0.2, -0.15) is 0 Å². The van der Waals surface area contributed by atoms with Crippen LogP contribution in [0.1, 0.15) is 39.5 Å². The fraction of sp³-hybridized carbons (Fsp3) is 1.00. The predicted molar refractivity (Wildman–Crippen MR) is 56.3 cm³/mol. The molecule has 0 radical (unpaired) electrons. The van der Waals surface area contributed by atoms with Crippen LogP contribution >= 0.6 is 0 Å². The van der Waals surface area contributed by atoms with Crippen molar-refractivity contribution in [1.29, 1.82) is 0 Å².